The Balaban J connectivity index is 1.59. The predicted octanol–water partition coefficient (Wildman–Crippen LogP) is 2.48. The van der Waals surface area contributed by atoms with Crippen LogP contribution in [0.1, 0.15) is 12.8 Å². The molecule has 0 aliphatic carbocycles. The van der Waals surface area contributed by atoms with E-state index in [4.69, 9.17) is 5.14 Å². The molecule has 1 fully saturated rings. The molecule has 0 unspecified atom stereocenters. The summed E-state index contributed by atoms with van der Waals surface area (Å²) in [5.41, 5.74) is 1.04. The molecule has 0 amide bonds. The van der Waals surface area contributed by atoms with Crippen molar-refractivity contribution in [3.8, 4) is 0 Å². The first-order valence-corrected chi connectivity index (χ1v) is 9.63. The van der Waals surface area contributed by atoms with Gasteiger partial charge in [0.05, 0.1) is 9.90 Å². The van der Waals surface area contributed by atoms with Crippen LogP contribution in [-0.2, 0) is 10.0 Å². The van der Waals surface area contributed by atoms with Gasteiger partial charge in [0, 0.05) is 24.8 Å². The normalized spacial score (nSPS) is 16.7. The number of thiophene rings is 1. The van der Waals surface area contributed by atoms with Gasteiger partial charge in [0.1, 0.15) is 0 Å². The van der Waals surface area contributed by atoms with Crippen molar-refractivity contribution in [1.82, 2.24) is 0 Å². The van der Waals surface area contributed by atoms with Crippen molar-refractivity contribution in [3.05, 3.63) is 41.8 Å². The van der Waals surface area contributed by atoms with E-state index in [2.05, 4.69) is 27.7 Å². The Morgan fingerprint density at radius 1 is 1.14 bits per heavy atom. The molecular formula is C15H19N3O2S2. The van der Waals surface area contributed by atoms with E-state index < -0.39 is 10.0 Å². The standard InChI is InChI=1S/C15H19N3O2S2/c16-22(19,20)14-5-3-13(4-6-14)18-9-7-12(8-10-18)17-15-2-1-11-21-15/h1-6,11-12,17H,7-10H2,(H2,16,19,20). The van der Waals surface area contributed by atoms with Crippen molar-refractivity contribution in [3.63, 3.8) is 0 Å². The minimum atomic E-state index is -3.62. The summed E-state index contributed by atoms with van der Waals surface area (Å²) < 4.78 is 22.5. The van der Waals surface area contributed by atoms with E-state index >= 15 is 0 Å². The van der Waals surface area contributed by atoms with Gasteiger partial charge in [-0.25, -0.2) is 13.6 Å². The first-order chi connectivity index (χ1) is 10.5. The molecule has 3 N–H and O–H groups in total. The van der Waals surface area contributed by atoms with Gasteiger partial charge in [0.15, 0.2) is 0 Å². The van der Waals surface area contributed by atoms with Gasteiger partial charge in [-0.1, -0.05) is 0 Å². The lowest BCUT2D eigenvalue weighted by Crippen LogP contribution is -2.39. The van der Waals surface area contributed by atoms with Crippen LogP contribution in [0.3, 0.4) is 0 Å². The van der Waals surface area contributed by atoms with Crippen molar-refractivity contribution in [2.75, 3.05) is 23.3 Å². The summed E-state index contributed by atoms with van der Waals surface area (Å²) in [6.45, 7) is 1.91. The Morgan fingerprint density at radius 2 is 1.82 bits per heavy atom. The lowest BCUT2D eigenvalue weighted by atomic mass is 10.0. The van der Waals surface area contributed by atoms with Crippen molar-refractivity contribution >= 4 is 32.0 Å². The predicted molar refractivity (Wildman–Crippen MR) is 91.0 cm³/mol. The molecule has 1 saturated heterocycles. The van der Waals surface area contributed by atoms with Gasteiger partial charge in [0.2, 0.25) is 10.0 Å². The number of primary sulfonamides is 1. The van der Waals surface area contributed by atoms with Gasteiger partial charge in [-0.15, -0.1) is 11.3 Å². The number of anilines is 2. The number of piperidine rings is 1. The van der Waals surface area contributed by atoms with Gasteiger partial charge >= 0.3 is 0 Å². The van der Waals surface area contributed by atoms with Crippen molar-refractivity contribution in [2.45, 2.75) is 23.8 Å². The molecule has 1 aliphatic heterocycles. The fraction of sp³-hybridized carbons (Fsp3) is 0.333. The first kappa shape index (κ1) is 15.3. The van der Waals surface area contributed by atoms with E-state index in [1.54, 1.807) is 23.5 Å². The zero-order valence-corrected chi connectivity index (χ0v) is 13.7. The van der Waals surface area contributed by atoms with Gasteiger partial charge in [-0.2, -0.15) is 0 Å². The Morgan fingerprint density at radius 3 is 2.36 bits per heavy atom. The molecule has 2 aromatic rings. The Bertz CT molecular complexity index is 704. The fourth-order valence-electron chi connectivity index (χ4n) is 2.69. The number of rotatable bonds is 4. The van der Waals surface area contributed by atoms with Gasteiger partial charge < -0.3 is 10.2 Å². The van der Waals surface area contributed by atoms with E-state index in [0.29, 0.717) is 6.04 Å². The summed E-state index contributed by atoms with van der Waals surface area (Å²) in [6, 6.07) is 11.4. The average molecular weight is 337 g/mol. The summed E-state index contributed by atoms with van der Waals surface area (Å²) in [7, 11) is -3.62. The van der Waals surface area contributed by atoms with Crippen LogP contribution in [0, 0.1) is 0 Å². The number of nitrogens with two attached hydrogens (primary N) is 1. The van der Waals surface area contributed by atoms with Crippen molar-refractivity contribution in [1.29, 1.82) is 0 Å². The van der Waals surface area contributed by atoms with E-state index in [1.807, 2.05) is 12.1 Å². The monoisotopic (exact) mass is 337 g/mol. The zero-order valence-electron chi connectivity index (χ0n) is 12.1. The Labute approximate surface area is 134 Å². The maximum Gasteiger partial charge on any atom is 0.238 e. The molecule has 0 radical (unpaired) electrons. The summed E-state index contributed by atoms with van der Waals surface area (Å²) in [6.07, 6.45) is 2.13. The van der Waals surface area contributed by atoms with Crippen LogP contribution in [0.15, 0.2) is 46.7 Å². The van der Waals surface area contributed by atoms with E-state index in [0.717, 1.165) is 31.6 Å². The summed E-state index contributed by atoms with van der Waals surface area (Å²) in [5.74, 6) is 0. The molecule has 1 aliphatic rings. The van der Waals surface area contributed by atoms with Gasteiger partial charge in [0.25, 0.3) is 0 Å². The SMILES string of the molecule is NS(=O)(=O)c1ccc(N2CCC(Nc3cccs3)CC2)cc1. The Kier molecular flexibility index (Phi) is 4.37. The second kappa shape index (κ2) is 6.28. The number of hydrogen-bond donors (Lipinski definition) is 2. The third-order valence-corrected chi connectivity index (χ3v) is 5.62. The van der Waals surface area contributed by atoms with Crippen LogP contribution >= 0.6 is 11.3 Å². The van der Waals surface area contributed by atoms with Crippen LogP contribution in [-0.4, -0.2) is 27.5 Å². The summed E-state index contributed by atoms with van der Waals surface area (Å²) in [5, 5.41) is 12.0. The fourth-order valence-corrected chi connectivity index (χ4v) is 3.90. The topological polar surface area (TPSA) is 75.4 Å². The molecule has 0 saturated carbocycles. The van der Waals surface area contributed by atoms with Crippen molar-refractivity contribution < 1.29 is 8.42 Å². The van der Waals surface area contributed by atoms with Crippen LogP contribution in [0.5, 0.6) is 0 Å². The second-order valence-corrected chi connectivity index (χ2v) is 7.93. The van der Waals surface area contributed by atoms with Crippen LogP contribution in [0.4, 0.5) is 10.7 Å². The largest absolute Gasteiger partial charge is 0.374 e. The van der Waals surface area contributed by atoms with Crippen LogP contribution in [0.2, 0.25) is 0 Å². The quantitative estimate of drug-likeness (QED) is 0.899. The summed E-state index contributed by atoms with van der Waals surface area (Å²) in [4.78, 5) is 2.44. The molecule has 5 nitrogen and oxygen atoms in total. The smallest absolute Gasteiger partial charge is 0.238 e. The van der Waals surface area contributed by atoms with Gasteiger partial charge in [-0.3, -0.25) is 0 Å². The zero-order chi connectivity index (χ0) is 15.6. The average Bonchev–Trinajstić information content (AvgIpc) is 3.00. The molecule has 22 heavy (non-hydrogen) atoms. The first-order valence-electron chi connectivity index (χ1n) is 7.20. The Hall–Kier alpha value is -1.57. The molecule has 7 heteroatoms. The highest BCUT2D eigenvalue weighted by Crippen LogP contribution is 2.24. The molecule has 0 bridgehead atoms. The molecular weight excluding hydrogens is 318 g/mol. The highest BCUT2D eigenvalue weighted by atomic mass is 32.2. The minimum Gasteiger partial charge on any atom is -0.374 e. The van der Waals surface area contributed by atoms with Gasteiger partial charge in [-0.05, 0) is 54.6 Å². The molecule has 0 spiro atoms. The molecule has 3 rings (SSSR count). The maximum absolute atomic E-state index is 11.3. The number of benzene rings is 1. The minimum absolute atomic E-state index is 0.158. The molecule has 118 valence electrons. The lowest BCUT2D eigenvalue weighted by molar-refractivity contribution is 0.527. The van der Waals surface area contributed by atoms with Crippen LogP contribution in [0.25, 0.3) is 0 Å². The molecule has 1 aromatic heterocycles. The van der Waals surface area contributed by atoms with E-state index in [-0.39, 0.29) is 4.90 Å². The van der Waals surface area contributed by atoms with E-state index in [9.17, 15) is 8.42 Å². The van der Waals surface area contributed by atoms with Crippen molar-refractivity contribution in [2.24, 2.45) is 5.14 Å². The highest BCUT2D eigenvalue weighted by molar-refractivity contribution is 7.89. The molecule has 1 aromatic carbocycles. The third kappa shape index (κ3) is 3.60. The maximum atomic E-state index is 11.3. The number of sulfonamides is 1. The number of nitrogens with one attached hydrogen (secondary N) is 1. The number of nitrogens with zero attached hydrogens (tertiary/aromatic N) is 1. The summed E-state index contributed by atoms with van der Waals surface area (Å²) >= 11 is 1.72. The van der Waals surface area contributed by atoms with Crippen LogP contribution < -0.4 is 15.4 Å². The molecule has 0 atom stereocenters. The third-order valence-electron chi connectivity index (χ3n) is 3.89. The van der Waals surface area contributed by atoms with E-state index in [1.165, 1.54) is 5.00 Å². The lowest BCUT2D eigenvalue weighted by Gasteiger charge is -2.34. The number of hydrogen-bond acceptors (Lipinski definition) is 5. The second-order valence-electron chi connectivity index (χ2n) is 5.42. The highest BCUT2D eigenvalue weighted by Gasteiger charge is 2.20. The molecule has 2 heterocycles.